The van der Waals surface area contributed by atoms with Crippen molar-refractivity contribution < 1.29 is 4.79 Å². The molecule has 0 aromatic carbocycles. The van der Waals surface area contributed by atoms with Gasteiger partial charge in [0.1, 0.15) is 5.69 Å². The van der Waals surface area contributed by atoms with E-state index >= 15 is 0 Å². The van der Waals surface area contributed by atoms with Gasteiger partial charge in [-0.25, -0.2) is 0 Å². The number of amides is 1. The minimum atomic E-state index is -0.152. The molecule has 3 aromatic rings. The number of carbonyl (C=O) groups excluding carboxylic acids is 1. The second-order valence-corrected chi connectivity index (χ2v) is 6.44. The van der Waals surface area contributed by atoms with E-state index in [0.29, 0.717) is 18.8 Å². The van der Waals surface area contributed by atoms with Gasteiger partial charge in [-0.15, -0.1) is 0 Å². The Morgan fingerprint density at radius 2 is 2.25 bits per heavy atom. The number of nitrogens with zero attached hydrogens (tertiary/aromatic N) is 3. The molecule has 0 aliphatic carbocycles. The van der Waals surface area contributed by atoms with Gasteiger partial charge in [-0.1, -0.05) is 6.92 Å². The molecule has 0 aliphatic heterocycles. The summed E-state index contributed by atoms with van der Waals surface area (Å²) in [6.45, 7) is 7.41. The molecular formula is C17H21N5OS. The Labute approximate surface area is 144 Å². The Morgan fingerprint density at radius 3 is 2.92 bits per heavy atom. The molecule has 3 aromatic heterocycles. The standard InChI is InChI=1S/C17H21N5OS/c1-4-14-11(2)21-22(12(14)3)7-6-18-17(23)16-9-15(19-20-16)13-5-8-24-10-13/h5,8-10H,4,6-7H2,1-3H3,(H,18,23)(H,19,20). The summed E-state index contributed by atoms with van der Waals surface area (Å²) in [5.41, 5.74) is 5.80. The Balaban J connectivity index is 1.58. The number of hydrogen-bond acceptors (Lipinski definition) is 4. The minimum Gasteiger partial charge on any atom is -0.349 e. The molecule has 3 heterocycles. The minimum absolute atomic E-state index is 0.152. The SMILES string of the molecule is CCc1c(C)nn(CCNC(=O)c2cc(-c3ccsc3)n[nH]2)c1C. The number of aromatic nitrogens is 4. The van der Waals surface area contributed by atoms with Gasteiger partial charge in [0.05, 0.1) is 17.9 Å². The zero-order valence-corrected chi connectivity index (χ0v) is 14.9. The van der Waals surface area contributed by atoms with Gasteiger partial charge in [0.25, 0.3) is 5.91 Å². The second kappa shape index (κ2) is 7.00. The molecule has 1 amide bonds. The molecule has 7 heteroatoms. The van der Waals surface area contributed by atoms with Gasteiger partial charge >= 0.3 is 0 Å². The lowest BCUT2D eigenvalue weighted by atomic mass is 10.1. The lowest BCUT2D eigenvalue weighted by Crippen LogP contribution is -2.28. The van der Waals surface area contributed by atoms with Crippen molar-refractivity contribution in [2.24, 2.45) is 0 Å². The van der Waals surface area contributed by atoms with Gasteiger partial charge in [0.15, 0.2) is 0 Å². The van der Waals surface area contributed by atoms with Crippen molar-refractivity contribution in [2.75, 3.05) is 6.54 Å². The third-order valence-electron chi connectivity index (χ3n) is 4.13. The Kier molecular flexibility index (Phi) is 4.80. The summed E-state index contributed by atoms with van der Waals surface area (Å²) in [7, 11) is 0. The van der Waals surface area contributed by atoms with E-state index in [1.165, 1.54) is 11.3 Å². The summed E-state index contributed by atoms with van der Waals surface area (Å²) < 4.78 is 1.96. The van der Waals surface area contributed by atoms with Crippen LogP contribution >= 0.6 is 11.3 Å². The smallest absolute Gasteiger partial charge is 0.269 e. The fourth-order valence-electron chi connectivity index (χ4n) is 2.83. The van der Waals surface area contributed by atoms with E-state index in [1.807, 2.05) is 28.4 Å². The first-order valence-electron chi connectivity index (χ1n) is 7.99. The molecule has 0 bridgehead atoms. The predicted octanol–water partition coefficient (Wildman–Crippen LogP) is 2.94. The first-order valence-corrected chi connectivity index (χ1v) is 8.93. The zero-order chi connectivity index (χ0) is 17.1. The average molecular weight is 343 g/mol. The molecule has 24 heavy (non-hydrogen) atoms. The summed E-state index contributed by atoms with van der Waals surface area (Å²) >= 11 is 1.61. The fourth-order valence-corrected chi connectivity index (χ4v) is 3.48. The lowest BCUT2D eigenvalue weighted by molar-refractivity contribution is 0.0947. The van der Waals surface area contributed by atoms with E-state index in [1.54, 1.807) is 17.4 Å². The van der Waals surface area contributed by atoms with Crippen molar-refractivity contribution in [1.29, 1.82) is 0 Å². The largest absolute Gasteiger partial charge is 0.349 e. The molecular weight excluding hydrogens is 322 g/mol. The van der Waals surface area contributed by atoms with Gasteiger partial charge in [-0.05, 0) is 43.3 Å². The molecule has 0 atom stereocenters. The first-order chi connectivity index (χ1) is 11.6. The van der Waals surface area contributed by atoms with E-state index in [9.17, 15) is 4.79 Å². The molecule has 0 unspecified atom stereocenters. The molecule has 6 nitrogen and oxygen atoms in total. The normalized spacial score (nSPS) is 11.0. The van der Waals surface area contributed by atoms with Crippen molar-refractivity contribution >= 4 is 17.2 Å². The Bertz CT molecular complexity index is 831. The fraction of sp³-hybridized carbons (Fsp3) is 0.353. The summed E-state index contributed by atoms with van der Waals surface area (Å²) in [5, 5.41) is 18.4. The van der Waals surface area contributed by atoms with Crippen LogP contribution in [0.2, 0.25) is 0 Å². The molecule has 0 fully saturated rings. The van der Waals surface area contributed by atoms with Crippen molar-refractivity contribution in [3.63, 3.8) is 0 Å². The second-order valence-electron chi connectivity index (χ2n) is 5.66. The average Bonchev–Trinajstić information content (AvgIpc) is 3.28. The van der Waals surface area contributed by atoms with Crippen molar-refractivity contribution in [3.8, 4) is 11.3 Å². The van der Waals surface area contributed by atoms with Crippen LogP contribution in [-0.2, 0) is 13.0 Å². The van der Waals surface area contributed by atoms with Crippen LogP contribution in [0.4, 0.5) is 0 Å². The van der Waals surface area contributed by atoms with Crippen LogP contribution in [0.1, 0.15) is 34.4 Å². The number of thiophene rings is 1. The van der Waals surface area contributed by atoms with Crippen molar-refractivity contribution in [3.05, 3.63) is 45.5 Å². The number of hydrogen-bond donors (Lipinski definition) is 2. The highest BCUT2D eigenvalue weighted by molar-refractivity contribution is 7.08. The first kappa shape index (κ1) is 16.4. The lowest BCUT2D eigenvalue weighted by Gasteiger charge is -2.06. The van der Waals surface area contributed by atoms with E-state index in [2.05, 4.69) is 34.5 Å². The van der Waals surface area contributed by atoms with Crippen LogP contribution in [-0.4, -0.2) is 32.4 Å². The van der Waals surface area contributed by atoms with Crippen LogP contribution < -0.4 is 5.32 Å². The number of aryl methyl sites for hydroxylation is 1. The maximum atomic E-state index is 12.2. The highest BCUT2D eigenvalue weighted by atomic mass is 32.1. The summed E-state index contributed by atoms with van der Waals surface area (Å²) in [5.74, 6) is -0.152. The molecule has 126 valence electrons. The molecule has 0 radical (unpaired) electrons. The highest BCUT2D eigenvalue weighted by Gasteiger charge is 2.12. The van der Waals surface area contributed by atoms with Crippen molar-refractivity contribution in [2.45, 2.75) is 33.7 Å². The van der Waals surface area contributed by atoms with Gasteiger partial charge in [0.2, 0.25) is 0 Å². The zero-order valence-electron chi connectivity index (χ0n) is 14.1. The molecule has 2 N–H and O–H groups in total. The number of nitrogens with one attached hydrogen (secondary N) is 2. The van der Waals surface area contributed by atoms with Gasteiger partial charge in [-0.2, -0.15) is 21.5 Å². The number of rotatable bonds is 6. The van der Waals surface area contributed by atoms with Crippen LogP contribution in [0, 0.1) is 13.8 Å². The monoisotopic (exact) mass is 343 g/mol. The van der Waals surface area contributed by atoms with Gasteiger partial charge < -0.3 is 5.32 Å². The maximum absolute atomic E-state index is 12.2. The van der Waals surface area contributed by atoms with Crippen LogP contribution in [0.3, 0.4) is 0 Å². The Hall–Kier alpha value is -2.41. The van der Waals surface area contributed by atoms with Crippen LogP contribution in [0.5, 0.6) is 0 Å². The molecule has 0 saturated heterocycles. The molecule has 0 spiro atoms. The van der Waals surface area contributed by atoms with E-state index in [4.69, 9.17) is 0 Å². The van der Waals surface area contributed by atoms with E-state index in [0.717, 1.165) is 23.4 Å². The number of H-pyrrole nitrogens is 1. The van der Waals surface area contributed by atoms with Crippen LogP contribution in [0.15, 0.2) is 22.9 Å². The summed E-state index contributed by atoms with van der Waals surface area (Å²) in [6, 6.07) is 3.76. The summed E-state index contributed by atoms with van der Waals surface area (Å²) in [4.78, 5) is 12.2. The molecule has 0 saturated carbocycles. The molecule has 3 rings (SSSR count). The highest BCUT2D eigenvalue weighted by Crippen LogP contribution is 2.20. The number of carbonyl (C=O) groups is 1. The number of aromatic amines is 1. The Morgan fingerprint density at radius 1 is 1.42 bits per heavy atom. The third kappa shape index (κ3) is 3.26. The van der Waals surface area contributed by atoms with Crippen LogP contribution in [0.25, 0.3) is 11.3 Å². The van der Waals surface area contributed by atoms with E-state index < -0.39 is 0 Å². The van der Waals surface area contributed by atoms with Gasteiger partial charge in [-0.3, -0.25) is 14.6 Å². The van der Waals surface area contributed by atoms with Gasteiger partial charge in [0, 0.05) is 23.2 Å². The third-order valence-corrected chi connectivity index (χ3v) is 4.82. The van der Waals surface area contributed by atoms with Crippen molar-refractivity contribution in [1.82, 2.24) is 25.3 Å². The maximum Gasteiger partial charge on any atom is 0.269 e. The molecule has 0 aliphatic rings. The topological polar surface area (TPSA) is 75.6 Å². The predicted molar refractivity (Wildman–Crippen MR) is 95.3 cm³/mol. The quantitative estimate of drug-likeness (QED) is 0.722. The van der Waals surface area contributed by atoms with E-state index in [-0.39, 0.29) is 5.91 Å². The summed E-state index contributed by atoms with van der Waals surface area (Å²) in [6.07, 6.45) is 0.976.